The Morgan fingerprint density at radius 1 is 0.909 bits per heavy atom. The highest BCUT2D eigenvalue weighted by atomic mass is 16.2. The molecule has 8 heteroatoms. The van der Waals surface area contributed by atoms with Crippen LogP contribution >= 0.6 is 0 Å². The van der Waals surface area contributed by atoms with E-state index in [0.29, 0.717) is 12.5 Å². The number of anilines is 4. The molecule has 1 fully saturated rings. The van der Waals surface area contributed by atoms with Gasteiger partial charge in [-0.15, -0.1) is 0 Å². The molecule has 0 unspecified atom stereocenters. The largest absolute Gasteiger partial charge is 0.369 e. The monoisotopic (exact) mass is 445 g/mol. The highest BCUT2D eigenvalue weighted by Crippen LogP contribution is 2.23. The van der Waals surface area contributed by atoms with Crippen LogP contribution in [0.25, 0.3) is 11.3 Å². The van der Waals surface area contributed by atoms with Gasteiger partial charge in [-0.05, 0) is 55.9 Å². The minimum atomic E-state index is -0.215. The summed E-state index contributed by atoms with van der Waals surface area (Å²) in [5.41, 5.74) is 4.68. The van der Waals surface area contributed by atoms with Crippen LogP contribution in [0.5, 0.6) is 0 Å². The van der Waals surface area contributed by atoms with Crippen LogP contribution in [0.1, 0.15) is 13.8 Å². The number of piperazine rings is 1. The molecule has 3 N–H and O–H groups in total. The zero-order valence-electron chi connectivity index (χ0n) is 19.2. The van der Waals surface area contributed by atoms with Crippen molar-refractivity contribution in [3.8, 4) is 11.3 Å². The molecule has 2 amide bonds. The van der Waals surface area contributed by atoms with Gasteiger partial charge in [0.2, 0.25) is 5.95 Å². The second-order valence-electron chi connectivity index (χ2n) is 7.92. The van der Waals surface area contributed by atoms with Crippen molar-refractivity contribution in [3.63, 3.8) is 0 Å². The number of hydrogen-bond donors (Lipinski definition) is 3. The summed E-state index contributed by atoms with van der Waals surface area (Å²) in [7, 11) is 0. The van der Waals surface area contributed by atoms with Crippen LogP contribution in [0.4, 0.5) is 27.8 Å². The first kappa shape index (κ1) is 22.5. The third kappa shape index (κ3) is 5.98. The third-order valence-electron chi connectivity index (χ3n) is 5.74. The minimum absolute atomic E-state index is 0.215. The molecule has 2 heterocycles. The van der Waals surface area contributed by atoms with Gasteiger partial charge in [-0.3, -0.25) is 0 Å². The van der Waals surface area contributed by atoms with Crippen LogP contribution in [0.15, 0.2) is 60.8 Å². The van der Waals surface area contributed by atoms with E-state index in [1.807, 2.05) is 37.3 Å². The van der Waals surface area contributed by atoms with Crippen LogP contribution in [0.3, 0.4) is 0 Å². The van der Waals surface area contributed by atoms with Gasteiger partial charge < -0.3 is 25.8 Å². The number of carbonyl (C=O) groups excluding carboxylic acids is 1. The van der Waals surface area contributed by atoms with E-state index in [1.54, 1.807) is 6.20 Å². The van der Waals surface area contributed by atoms with Gasteiger partial charge in [0, 0.05) is 61.5 Å². The first-order valence-electron chi connectivity index (χ1n) is 11.5. The number of benzene rings is 2. The number of amides is 2. The molecule has 172 valence electrons. The molecule has 0 radical (unpaired) electrons. The maximum atomic E-state index is 11.7. The fourth-order valence-corrected chi connectivity index (χ4v) is 3.85. The molecule has 0 bridgehead atoms. The molecule has 1 aliphatic heterocycles. The summed E-state index contributed by atoms with van der Waals surface area (Å²) in [5, 5.41) is 8.81. The second kappa shape index (κ2) is 10.8. The maximum Gasteiger partial charge on any atom is 0.319 e. The Kier molecular flexibility index (Phi) is 7.36. The molecular formula is C25H31N7O. The predicted molar refractivity (Wildman–Crippen MR) is 134 cm³/mol. The fraction of sp³-hybridized carbons (Fsp3) is 0.320. The maximum absolute atomic E-state index is 11.7. The first-order valence-corrected chi connectivity index (χ1v) is 11.5. The van der Waals surface area contributed by atoms with Gasteiger partial charge in [-0.25, -0.2) is 14.8 Å². The molecular weight excluding hydrogens is 414 g/mol. The van der Waals surface area contributed by atoms with E-state index >= 15 is 0 Å². The van der Waals surface area contributed by atoms with Crippen molar-refractivity contribution < 1.29 is 4.79 Å². The standard InChI is InChI=1S/C25H31N7O/c1-3-26-25(33)29-21-7-5-19(6-8-21)23-13-14-27-24(30-23)28-20-9-11-22(12-10-20)32-17-15-31(4-2)16-18-32/h5-14H,3-4,15-18H2,1-2H3,(H2,26,29,33)(H,27,28,30). The summed E-state index contributed by atoms with van der Waals surface area (Å²) in [4.78, 5) is 25.6. The van der Waals surface area contributed by atoms with E-state index in [9.17, 15) is 4.79 Å². The quantitative estimate of drug-likeness (QED) is 0.506. The van der Waals surface area contributed by atoms with E-state index in [4.69, 9.17) is 0 Å². The van der Waals surface area contributed by atoms with Gasteiger partial charge >= 0.3 is 6.03 Å². The van der Waals surface area contributed by atoms with E-state index in [-0.39, 0.29) is 6.03 Å². The van der Waals surface area contributed by atoms with Crippen molar-refractivity contribution in [1.29, 1.82) is 0 Å². The van der Waals surface area contributed by atoms with E-state index < -0.39 is 0 Å². The van der Waals surface area contributed by atoms with Gasteiger partial charge in [0.05, 0.1) is 5.69 Å². The minimum Gasteiger partial charge on any atom is -0.369 e. The second-order valence-corrected chi connectivity index (χ2v) is 7.92. The number of nitrogens with zero attached hydrogens (tertiary/aromatic N) is 4. The van der Waals surface area contributed by atoms with Crippen LogP contribution in [0.2, 0.25) is 0 Å². The molecule has 3 aromatic rings. The van der Waals surface area contributed by atoms with Gasteiger partial charge in [0.1, 0.15) is 0 Å². The van der Waals surface area contributed by atoms with Crippen molar-refractivity contribution in [2.45, 2.75) is 13.8 Å². The molecule has 0 atom stereocenters. The zero-order chi connectivity index (χ0) is 23.0. The normalized spacial score (nSPS) is 14.1. The molecule has 1 aliphatic rings. The van der Waals surface area contributed by atoms with E-state index in [1.165, 1.54) is 5.69 Å². The lowest BCUT2D eigenvalue weighted by Gasteiger charge is -2.35. The van der Waals surface area contributed by atoms with Crippen LogP contribution in [-0.4, -0.2) is 60.2 Å². The Hall–Kier alpha value is -3.65. The number of nitrogens with one attached hydrogen (secondary N) is 3. The summed E-state index contributed by atoms with van der Waals surface area (Å²) in [6.45, 7) is 10.1. The smallest absolute Gasteiger partial charge is 0.319 e. The number of likely N-dealkylation sites (N-methyl/N-ethyl adjacent to an activating group) is 1. The van der Waals surface area contributed by atoms with Crippen molar-refractivity contribution in [3.05, 3.63) is 60.8 Å². The fourth-order valence-electron chi connectivity index (χ4n) is 3.85. The predicted octanol–water partition coefficient (Wildman–Crippen LogP) is 4.17. The zero-order valence-corrected chi connectivity index (χ0v) is 19.2. The van der Waals surface area contributed by atoms with Crippen LogP contribution < -0.4 is 20.9 Å². The first-order chi connectivity index (χ1) is 16.1. The lowest BCUT2D eigenvalue weighted by molar-refractivity contribution is 0.252. The summed E-state index contributed by atoms with van der Waals surface area (Å²) < 4.78 is 0. The molecule has 4 rings (SSSR count). The van der Waals surface area contributed by atoms with Gasteiger partial charge in [0.25, 0.3) is 0 Å². The van der Waals surface area contributed by atoms with Gasteiger partial charge in [0.15, 0.2) is 0 Å². The molecule has 0 saturated carbocycles. The lowest BCUT2D eigenvalue weighted by Crippen LogP contribution is -2.46. The van der Waals surface area contributed by atoms with Crippen LogP contribution in [0, 0.1) is 0 Å². The van der Waals surface area contributed by atoms with Gasteiger partial charge in [-0.2, -0.15) is 0 Å². The molecule has 8 nitrogen and oxygen atoms in total. The van der Waals surface area contributed by atoms with Crippen molar-refractivity contribution >= 4 is 29.0 Å². The number of urea groups is 1. The average molecular weight is 446 g/mol. The Bertz CT molecular complexity index is 1050. The summed E-state index contributed by atoms with van der Waals surface area (Å²) in [6, 6.07) is 17.7. The van der Waals surface area contributed by atoms with Crippen LogP contribution in [-0.2, 0) is 0 Å². The third-order valence-corrected chi connectivity index (χ3v) is 5.74. The van der Waals surface area contributed by atoms with Crippen molar-refractivity contribution in [2.24, 2.45) is 0 Å². The Balaban J connectivity index is 1.38. The highest BCUT2D eigenvalue weighted by molar-refractivity contribution is 5.89. The lowest BCUT2D eigenvalue weighted by atomic mass is 10.1. The molecule has 33 heavy (non-hydrogen) atoms. The summed E-state index contributed by atoms with van der Waals surface area (Å²) in [5.74, 6) is 0.543. The number of rotatable bonds is 7. The van der Waals surface area contributed by atoms with Gasteiger partial charge in [-0.1, -0.05) is 19.1 Å². The van der Waals surface area contributed by atoms with E-state index in [2.05, 4.69) is 66.9 Å². The van der Waals surface area contributed by atoms with Crippen molar-refractivity contribution in [2.75, 3.05) is 54.8 Å². The van der Waals surface area contributed by atoms with E-state index in [0.717, 1.165) is 55.4 Å². The highest BCUT2D eigenvalue weighted by Gasteiger charge is 2.15. The topological polar surface area (TPSA) is 85.4 Å². The summed E-state index contributed by atoms with van der Waals surface area (Å²) in [6.07, 6.45) is 1.74. The summed E-state index contributed by atoms with van der Waals surface area (Å²) >= 11 is 0. The SMILES string of the molecule is CCNC(=O)Nc1ccc(-c2ccnc(Nc3ccc(N4CCN(CC)CC4)cc3)n2)cc1. The average Bonchev–Trinajstić information content (AvgIpc) is 2.85. The number of hydrogen-bond acceptors (Lipinski definition) is 6. The number of carbonyl (C=O) groups is 1. The molecule has 0 aliphatic carbocycles. The van der Waals surface area contributed by atoms with Crippen molar-refractivity contribution in [1.82, 2.24) is 20.2 Å². The Labute approximate surface area is 195 Å². The Morgan fingerprint density at radius 3 is 2.27 bits per heavy atom. The number of aromatic nitrogens is 2. The Morgan fingerprint density at radius 2 is 1.61 bits per heavy atom. The molecule has 1 saturated heterocycles. The molecule has 0 spiro atoms. The molecule has 1 aromatic heterocycles. The molecule has 2 aromatic carbocycles.